The Morgan fingerprint density at radius 3 is 2.31 bits per heavy atom. The maximum Gasteiger partial charge on any atom is 0.285 e. The third kappa shape index (κ3) is 3.99. The lowest BCUT2D eigenvalue weighted by Gasteiger charge is -2.33. The highest BCUT2D eigenvalue weighted by Crippen LogP contribution is 2.61. The molecule has 3 amide bonds. The third-order valence-electron chi connectivity index (χ3n) is 8.34. The normalized spacial score (nSPS) is 22.9. The van der Waals surface area contributed by atoms with Crippen LogP contribution in [0.1, 0.15) is 37.9 Å². The number of hydrogen-bond acceptors (Lipinski definition) is 10. The fourth-order valence-corrected chi connectivity index (χ4v) is 8.05. The molecule has 11 nitrogen and oxygen atoms in total. The number of nitrogens with zero attached hydrogens (tertiary/aromatic N) is 5. The monoisotopic (exact) mass is 619 g/mol. The number of thioether (sulfide) groups is 1. The predicted octanol–water partition coefficient (Wildman–Crippen LogP) is 4.52. The number of hydrogen-bond donors (Lipinski definition) is 0. The quantitative estimate of drug-likeness (QED) is 0.276. The molecule has 1 aromatic heterocycles. The molecule has 0 aliphatic carbocycles. The summed E-state index contributed by atoms with van der Waals surface area (Å²) in [7, 11) is 1.61. The first kappa shape index (κ1) is 27.4. The lowest BCUT2D eigenvalue weighted by molar-refractivity contribution is -0.121. The van der Waals surface area contributed by atoms with Crippen molar-refractivity contribution in [3.05, 3.63) is 119 Å². The van der Waals surface area contributed by atoms with Crippen LogP contribution in [0.5, 0.6) is 5.75 Å². The minimum atomic E-state index is -1.24. The van der Waals surface area contributed by atoms with E-state index < -0.39 is 22.8 Å². The molecular formula is C33H25N5O6S. The Balaban J connectivity index is 1.13. The van der Waals surface area contributed by atoms with Crippen molar-refractivity contribution in [3.8, 4) is 5.75 Å². The van der Waals surface area contributed by atoms with Crippen LogP contribution in [-0.2, 0) is 19.3 Å². The van der Waals surface area contributed by atoms with Gasteiger partial charge in [-0.1, -0.05) is 53.7 Å². The summed E-state index contributed by atoms with van der Waals surface area (Å²) in [6.45, 7) is 0.00894. The summed E-state index contributed by atoms with van der Waals surface area (Å²) in [5, 5.41) is 4.98. The van der Waals surface area contributed by atoms with E-state index in [-0.39, 0.29) is 24.3 Å². The third-order valence-corrected chi connectivity index (χ3v) is 9.97. The molecule has 12 heteroatoms. The number of benzene rings is 3. The topological polar surface area (TPSA) is 114 Å². The van der Waals surface area contributed by atoms with Crippen LogP contribution >= 0.6 is 11.8 Å². The maximum absolute atomic E-state index is 14.8. The number of aromatic nitrogens is 1. The van der Waals surface area contributed by atoms with Crippen LogP contribution in [0.3, 0.4) is 0 Å². The van der Waals surface area contributed by atoms with Crippen molar-refractivity contribution in [1.82, 2.24) is 10.0 Å². The molecule has 0 N–H and O–H groups in total. The molecule has 0 bridgehead atoms. The number of ether oxygens (including phenoxy) is 1. The van der Waals surface area contributed by atoms with Gasteiger partial charge in [-0.15, -0.1) is 16.8 Å². The van der Waals surface area contributed by atoms with E-state index in [1.54, 1.807) is 42.5 Å². The Morgan fingerprint density at radius 2 is 1.60 bits per heavy atom. The largest absolute Gasteiger partial charge is 0.497 e. The van der Waals surface area contributed by atoms with E-state index in [2.05, 4.69) is 10.1 Å². The molecule has 3 unspecified atom stereocenters. The summed E-state index contributed by atoms with van der Waals surface area (Å²) < 4.78 is 5.34. The minimum Gasteiger partial charge on any atom is -0.497 e. The molecule has 224 valence electrons. The predicted molar refractivity (Wildman–Crippen MR) is 166 cm³/mol. The van der Waals surface area contributed by atoms with Gasteiger partial charge in [-0.25, -0.2) is 4.98 Å². The summed E-state index contributed by atoms with van der Waals surface area (Å²) in [5.41, 5.74) is 2.95. The van der Waals surface area contributed by atoms with Gasteiger partial charge in [-0.2, -0.15) is 0 Å². The van der Waals surface area contributed by atoms with Crippen LogP contribution in [-0.4, -0.2) is 59.1 Å². The first-order chi connectivity index (χ1) is 22.0. The molecule has 1 spiro atoms. The van der Waals surface area contributed by atoms with Crippen molar-refractivity contribution in [2.75, 3.05) is 30.1 Å². The fraction of sp³-hybridized carbons (Fsp3) is 0.182. The highest BCUT2D eigenvalue weighted by molar-refractivity contribution is 8.03. The molecule has 3 aromatic carbocycles. The summed E-state index contributed by atoms with van der Waals surface area (Å²) in [6, 6.07) is 27.3. The van der Waals surface area contributed by atoms with Crippen molar-refractivity contribution in [1.29, 1.82) is 0 Å². The van der Waals surface area contributed by atoms with Crippen LogP contribution in [0.15, 0.2) is 102 Å². The zero-order chi connectivity index (χ0) is 30.7. The molecule has 5 heterocycles. The molecule has 45 heavy (non-hydrogen) atoms. The number of fused-ring (bicyclic) bond motifs is 4. The van der Waals surface area contributed by atoms with Crippen molar-refractivity contribution >= 4 is 46.8 Å². The van der Waals surface area contributed by atoms with Gasteiger partial charge < -0.3 is 14.5 Å². The van der Waals surface area contributed by atoms with Gasteiger partial charge in [0.25, 0.3) is 17.7 Å². The summed E-state index contributed by atoms with van der Waals surface area (Å²) in [4.78, 5) is 59.1. The number of methoxy groups -OCH3 is 1. The van der Waals surface area contributed by atoms with Gasteiger partial charge in [0.05, 0.1) is 37.1 Å². The second kappa shape index (κ2) is 10.5. The molecular weight excluding hydrogens is 594 g/mol. The fourth-order valence-electron chi connectivity index (χ4n) is 6.29. The van der Waals surface area contributed by atoms with E-state index in [1.807, 2.05) is 71.6 Å². The molecule has 8 rings (SSSR count). The van der Waals surface area contributed by atoms with Gasteiger partial charge in [-0.05, 0) is 48.0 Å². The van der Waals surface area contributed by atoms with E-state index in [1.165, 1.54) is 11.8 Å². The van der Waals surface area contributed by atoms with Crippen molar-refractivity contribution in [2.24, 2.45) is 5.16 Å². The second-order valence-electron chi connectivity index (χ2n) is 10.7. The van der Waals surface area contributed by atoms with Gasteiger partial charge in [0.15, 0.2) is 11.9 Å². The van der Waals surface area contributed by atoms with Crippen LogP contribution < -0.4 is 14.5 Å². The smallest absolute Gasteiger partial charge is 0.285 e. The zero-order valence-electron chi connectivity index (χ0n) is 23.9. The van der Waals surface area contributed by atoms with E-state index in [0.717, 1.165) is 21.9 Å². The number of hydroxylamine groups is 2. The summed E-state index contributed by atoms with van der Waals surface area (Å²) >= 11 is 1.46. The average Bonchev–Trinajstić information content (AvgIpc) is 3.78. The van der Waals surface area contributed by atoms with Gasteiger partial charge >= 0.3 is 0 Å². The number of carbonyl (C=O) groups excluding carboxylic acids is 3. The van der Waals surface area contributed by atoms with E-state index >= 15 is 0 Å². The number of pyridine rings is 1. The van der Waals surface area contributed by atoms with E-state index in [0.29, 0.717) is 28.5 Å². The Morgan fingerprint density at radius 1 is 0.889 bits per heavy atom. The molecule has 0 saturated carbocycles. The SMILES string of the molecule is COc1ccc(C2ON=C3C2SC2(C(=O)N(CCON4C(=O)c5ccccc5C4=O)c4ccccc42)N3c2ccccn2)cc1. The summed E-state index contributed by atoms with van der Waals surface area (Å²) in [6.07, 6.45) is 1.23. The van der Waals surface area contributed by atoms with E-state index in [4.69, 9.17) is 14.4 Å². The highest BCUT2D eigenvalue weighted by Gasteiger charge is 2.66. The second-order valence-corrected chi connectivity index (χ2v) is 12.0. The molecule has 0 radical (unpaired) electrons. The molecule has 1 saturated heterocycles. The van der Waals surface area contributed by atoms with Gasteiger partial charge in [0, 0.05) is 11.8 Å². The van der Waals surface area contributed by atoms with Gasteiger partial charge in [0.1, 0.15) is 16.8 Å². The number of carbonyl (C=O) groups is 3. The zero-order valence-corrected chi connectivity index (χ0v) is 24.7. The summed E-state index contributed by atoms with van der Waals surface area (Å²) in [5.74, 6) is 0.606. The van der Waals surface area contributed by atoms with Crippen LogP contribution in [0, 0.1) is 0 Å². The van der Waals surface area contributed by atoms with E-state index in [9.17, 15) is 14.4 Å². The molecule has 4 aromatic rings. The number of anilines is 2. The highest BCUT2D eigenvalue weighted by atomic mass is 32.2. The number of amidine groups is 1. The number of imide groups is 1. The first-order valence-corrected chi connectivity index (χ1v) is 15.2. The van der Waals surface area contributed by atoms with Crippen molar-refractivity contribution < 1.29 is 28.8 Å². The average molecular weight is 620 g/mol. The Hall–Kier alpha value is -5.20. The Bertz CT molecular complexity index is 1850. The molecule has 4 aliphatic rings. The van der Waals surface area contributed by atoms with Gasteiger partial charge in [0.2, 0.25) is 4.87 Å². The number of amides is 3. The lowest BCUT2D eigenvalue weighted by atomic mass is 10.0. The maximum atomic E-state index is 14.8. The number of rotatable bonds is 7. The van der Waals surface area contributed by atoms with Crippen LogP contribution in [0.4, 0.5) is 11.5 Å². The number of para-hydroxylation sites is 1. The molecule has 3 atom stereocenters. The first-order valence-electron chi connectivity index (χ1n) is 14.3. The van der Waals surface area contributed by atoms with Gasteiger partial charge in [-0.3, -0.25) is 24.1 Å². The Kier molecular flexibility index (Phi) is 6.36. The minimum absolute atomic E-state index is 0.0855. The molecule has 1 fully saturated rings. The van der Waals surface area contributed by atoms with Crippen LogP contribution in [0.2, 0.25) is 0 Å². The van der Waals surface area contributed by atoms with Crippen molar-refractivity contribution in [2.45, 2.75) is 16.2 Å². The standard InChI is InChI=1S/C33H25N5O6S/c1-42-21-15-13-20(14-16-21)27-28-29(35-44-27)37(26-12-6-7-17-34-26)33(45-28)24-10-4-5-11-25(24)36(32(33)41)18-19-43-38-30(39)22-8-2-3-9-23(22)31(38)40/h2-17,27-28H,18-19H2,1H3. The van der Waals surface area contributed by atoms with Crippen LogP contribution in [0.25, 0.3) is 0 Å². The lowest BCUT2D eigenvalue weighted by Crippen LogP contribution is -2.50. The number of oxime groups is 1. The van der Waals surface area contributed by atoms with Crippen molar-refractivity contribution in [3.63, 3.8) is 0 Å². The molecule has 4 aliphatic heterocycles. The Labute approximate surface area is 261 Å².